The summed E-state index contributed by atoms with van der Waals surface area (Å²) < 4.78 is 11.3. The minimum absolute atomic E-state index is 0.173. The highest BCUT2D eigenvalue weighted by atomic mass is 16.5. The van der Waals surface area contributed by atoms with Crippen LogP contribution in [0.3, 0.4) is 0 Å². The van der Waals surface area contributed by atoms with Crippen LogP contribution in [0.5, 0.6) is 0 Å². The molecule has 1 aliphatic rings. The smallest absolute Gasteiger partial charge is 0.0834 e. The summed E-state index contributed by atoms with van der Waals surface area (Å²) in [5.74, 6) is 0. The van der Waals surface area contributed by atoms with E-state index in [2.05, 4.69) is 50.4 Å². The maximum atomic E-state index is 5.93. The monoisotopic (exact) mass is 277 g/mol. The van der Waals surface area contributed by atoms with Crippen LogP contribution in [0.25, 0.3) is 0 Å². The first kappa shape index (κ1) is 15.5. The van der Waals surface area contributed by atoms with Crippen LogP contribution in [0.2, 0.25) is 0 Å². The zero-order valence-electron chi connectivity index (χ0n) is 12.9. The zero-order chi connectivity index (χ0) is 14.4. The van der Waals surface area contributed by atoms with E-state index in [0.717, 1.165) is 32.6 Å². The van der Waals surface area contributed by atoms with Gasteiger partial charge in [-0.25, -0.2) is 0 Å². The molecule has 0 saturated carbocycles. The lowest BCUT2D eigenvalue weighted by Crippen LogP contribution is -2.37. The highest BCUT2D eigenvalue weighted by molar-refractivity contribution is 5.26. The number of hydrogen-bond acceptors (Lipinski definition) is 3. The second-order valence-corrected chi connectivity index (χ2v) is 6.49. The van der Waals surface area contributed by atoms with Crippen LogP contribution in [-0.2, 0) is 22.5 Å². The van der Waals surface area contributed by atoms with Gasteiger partial charge in [0.05, 0.1) is 19.3 Å². The van der Waals surface area contributed by atoms with Crippen molar-refractivity contribution in [3.63, 3.8) is 0 Å². The Balaban J connectivity index is 1.85. The number of ether oxygens (including phenoxy) is 2. The minimum Gasteiger partial charge on any atom is -0.379 e. The number of rotatable bonds is 6. The Bertz CT molecular complexity index is 406. The van der Waals surface area contributed by atoms with E-state index in [4.69, 9.17) is 9.47 Å². The van der Waals surface area contributed by atoms with Gasteiger partial charge < -0.3 is 14.8 Å². The fraction of sp³-hybridized carbons (Fsp3) is 0.647. The molecular weight excluding hydrogens is 250 g/mol. The van der Waals surface area contributed by atoms with Crippen molar-refractivity contribution >= 4 is 0 Å². The molecule has 0 bridgehead atoms. The van der Waals surface area contributed by atoms with Gasteiger partial charge in [-0.05, 0) is 51.3 Å². The summed E-state index contributed by atoms with van der Waals surface area (Å²) in [5, 5.41) is 3.53. The largest absolute Gasteiger partial charge is 0.379 e. The van der Waals surface area contributed by atoms with E-state index in [1.165, 1.54) is 11.1 Å². The Hall–Kier alpha value is -0.900. The van der Waals surface area contributed by atoms with Gasteiger partial charge >= 0.3 is 0 Å². The van der Waals surface area contributed by atoms with E-state index in [1.54, 1.807) is 0 Å². The molecule has 0 spiro atoms. The van der Waals surface area contributed by atoms with Crippen molar-refractivity contribution in [2.45, 2.75) is 51.9 Å². The summed E-state index contributed by atoms with van der Waals surface area (Å²) in [6, 6.07) is 8.57. The number of hydrogen-bond donors (Lipinski definition) is 1. The third-order valence-electron chi connectivity index (χ3n) is 3.53. The van der Waals surface area contributed by atoms with Crippen molar-refractivity contribution in [2.24, 2.45) is 0 Å². The van der Waals surface area contributed by atoms with Crippen molar-refractivity contribution in [2.75, 3.05) is 19.8 Å². The van der Waals surface area contributed by atoms with Gasteiger partial charge in [0.1, 0.15) is 0 Å². The van der Waals surface area contributed by atoms with Gasteiger partial charge in [-0.3, -0.25) is 0 Å². The predicted octanol–water partition coefficient (Wildman–Crippen LogP) is 2.92. The first-order valence-corrected chi connectivity index (χ1v) is 7.56. The van der Waals surface area contributed by atoms with Crippen LogP contribution in [0, 0.1) is 0 Å². The summed E-state index contributed by atoms with van der Waals surface area (Å²) in [4.78, 5) is 0. The topological polar surface area (TPSA) is 30.5 Å². The molecule has 3 nitrogen and oxygen atoms in total. The Morgan fingerprint density at radius 1 is 1.25 bits per heavy atom. The van der Waals surface area contributed by atoms with E-state index in [1.807, 2.05) is 0 Å². The zero-order valence-corrected chi connectivity index (χ0v) is 12.9. The van der Waals surface area contributed by atoms with Crippen molar-refractivity contribution < 1.29 is 9.47 Å². The first-order valence-electron chi connectivity index (χ1n) is 7.56. The number of nitrogens with one attached hydrogen (secondary N) is 1. The molecule has 1 aromatic rings. The Kier molecular flexibility index (Phi) is 5.58. The molecule has 20 heavy (non-hydrogen) atoms. The van der Waals surface area contributed by atoms with Gasteiger partial charge in [0.2, 0.25) is 0 Å². The van der Waals surface area contributed by atoms with Gasteiger partial charge in [-0.1, -0.05) is 24.3 Å². The highest BCUT2D eigenvalue weighted by Crippen LogP contribution is 2.15. The van der Waals surface area contributed by atoms with Crippen LogP contribution in [0.1, 0.15) is 38.3 Å². The van der Waals surface area contributed by atoms with E-state index >= 15 is 0 Å². The van der Waals surface area contributed by atoms with Crippen molar-refractivity contribution in [1.29, 1.82) is 0 Å². The van der Waals surface area contributed by atoms with Crippen LogP contribution in [0.4, 0.5) is 0 Å². The molecule has 2 rings (SSSR count). The molecule has 0 radical (unpaired) electrons. The third-order valence-corrected chi connectivity index (χ3v) is 3.53. The molecule has 1 heterocycles. The predicted molar refractivity (Wildman–Crippen MR) is 81.9 cm³/mol. The Morgan fingerprint density at radius 2 is 2.00 bits per heavy atom. The summed E-state index contributed by atoms with van der Waals surface area (Å²) in [6.45, 7) is 9.86. The fourth-order valence-corrected chi connectivity index (χ4v) is 2.37. The molecule has 1 aliphatic heterocycles. The average Bonchev–Trinajstić information content (AvgIpc) is 2.89. The standard InChI is InChI=1S/C17H27NO2/c1-17(2,3)18-10-8-14-6-4-5-7-15(14)12-20-16-9-11-19-13-16/h4-7,16,18H,8-13H2,1-3H3. The van der Waals surface area contributed by atoms with Crippen LogP contribution in [0.15, 0.2) is 24.3 Å². The lowest BCUT2D eigenvalue weighted by atomic mass is 10.0. The second kappa shape index (κ2) is 7.21. The van der Waals surface area contributed by atoms with Crippen molar-refractivity contribution in [3.8, 4) is 0 Å². The molecule has 0 amide bonds. The SMILES string of the molecule is CC(C)(C)NCCc1ccccc1COC1CCOC1. The normalized spacial score (nSPS) is 19.4. The van der Waals surface area contributed by atoms with Gasteiger partial charge in [0.25, 0.3) is 0 Å². The molecule has 1 atom stereocenters. The van der Waals surface area contributed by atoms with Crippen LogP contribution >= 0.6 is 0 Å². The lowest BCUT2D eigenvalue weighted by molar-refractivity contribution is 0.0314. The highest BCUT2D eigenvalue weighted by Gasteiger charge is 2.16. The van der Waals surface area contributed by atoms with Crippen LogP contribution in [-0.4, -0.2) is 31.4 Å². The fourth-order valence-electron chi connectivity index (χ4n) is 2.37. The van der Waals surface area contributed by atoms with E-state index in [-0.39, 0.29) is 11.6 Å². The Morgan fingerprint density at radius 3 is 2.65 bits per heavy atom. The average molecular weight is 277 g/mol. The molecule has 3 heteroatoms. The molecule has 1 fully saturated rings. The number of benzene rings is 1. The van der Waals surface area contributed by atoms with Gasteiger partial charge in [0.15, 0.2) is 0 Å². The molecule has 0 aromatic heterocycles. The second-order valence-electron chi connectivity index (χ2n) is 6.49. The van der Waals surface area contributed by atoms with E-state index in [0.29, 0.717) is 6.61 Å². The van der Waals surface area contributed by atoms with Gasteiger partial charge in [-0.15, -0.1) is 0 Å². The minimum atomic E-state index is 0.173. The molecule has 1 saturated heterocycles. The molecule has 1 unspecified atom stereocenters. The summed E-state index contributed by atoms with van der Waals surface area (Å²) >= 11 is 0. The quantitative estimate of drug-likeness (QED) is 0.867. The van der Waals surface area contributed by atoms with Crippen molar-refractivity contribution in [1.82, 2.24) is 5.32 Å². The third kappa shape index (κ3) is 5.23. The van der Waals surface area contributed by atoms with E-state index in [9.17, 15) is 0 Å². The van der Waals surface area contributed by atoms with Gasteiger partial charge in [-0.2, -0.15) is 0 Å². The molecule has 112 valence electrons. The van der Waals surface area contributed by atoms with Gasteiger partial charge in [0, 0.05) is 12.1 Å². The molecule has 1 aromatic carbocycles. The first-order chi connectivity index (χ1) is 9.54. The Labute approximate surface area is 122 Å². The maximum absolute atomic E-state index is 5.93. The molecule has 1 N–H and O–H groups in total. The summed E-state index contributed by atoms with van der Waals surface area (Å²) in [5.41, 5.74) is 2.85. The summed E-state index contributed by atoms with van der Waals surface area (Å²) in [7, 11) is 0. The lowest BCUT2D eigenvalue weighted by Gasteiger charge is -2.21. The molecule has 0 aliphatic carbocycles. The molecular formula is C17H27NO2. The maximum Gasteiger partial charge on any atom is 0.0834 e. The van der Waals surface area contributed by atoms with E-state index < -0.39 is 0 Å². The van der Waals surface area contributed by atoms with Crippen molar-refractivity contribution in [3.05, 3.63) is 35.4 Å². The summed E-state index contributed by atoms with van der Waals surface area (Å²) in [6.07, 6.45) is 2.34. The van der Waals surface area contributed by atoms with Crippen LogP contribution < -0.4 is 5.32 Å².